The van der Waals surface area contributed by atoms with Crippen molar-refractivity contribution in [1.82, 2.24) is 10.6 Å². The average molecular weight is 184 g/mol. The molecule has 1 saturated heterocycles. The number of hydrogen-bond donors (Lipinski definition) is 2. The summed E-state index contributed by atoms with van der Waals surface area (Å²) < 4.78 is 0. The van der Waals surface area contributed by atoms with Gasteiger partial charge in [-0.3, -0.25) is 10.6 Å². The molecule has 0 atom stereocenters. The lowest BCUT2D eigenvalue weighted by Gasteiger charge is -2.51. The molecule has 0 bridgehead atoms. The van der Waals surface area contributed by atoms with E-state index in [-0.39, 0.29) is 16.5 Å². The van der Waals surface area contributed by atoms with Crippen molar-refractivity contribution in [3.63, 3.8) is 0 Å². The molecule has 0 aliphatic carbocycles. The SMILES string of the molecule is CC(C)(C)C1(C(C)(C)C)NCCN1. The van der Waals surface area contributed by atoms with Gasteiger partial charge in [0.05, 0.1) is 5.66 Å². The quantitative estimate of drug-likeness (QED) is 0.601. The summed E-state index contributed by atoms with van der Waals surface area (Å²) in [6, 6.07) is 0. The van der Waals surface area contributed by atoms with Crippen molar-refractivity contribution in [1.29, 1.82) is 0 Å². The molecule has 0 spiro atoms. The zero-order chi connectivity index (χ0) is 10.3. The fourth-order valence-electron chi connectivity index (χ4n) is 2.75. The first-order valence-corrected chi connectivity index (χ1v) is 5.21. The van der Waals surface area contributed by atoms with Crippen LogP contribution >= 0.6 is 0 Å². The van der Waals surface area contributed by atoms with Crippen LogP contribution in [0.4, 0.5) is 0 Å². The molecular weight excluding hydrogens is 160 g/mol. The summed E-state index contributed by atoms with van der Waals surface area (Å²) in [5, 5.41) is 7.28. The molecule has 1 fully saturated rings. The maximum atomic E-state index is 3.64. The molecule has 0 saturated carbocycles. The van der Waals surface area contributed by atoms with Crippen molar-refractivity contribution in [2.24, 2.45) is 10.8 Å². The molecule has 0 aromatic carbocycles. The van der Waals surface area contributed by atoms with Gasteiger partial charge in [-0.15, -0.1) is 0 Å². The Morgan fingerprint density at radius 3 is 1.23 bits per heavy atom. The predicted octanol–water partition coefficient (Wildman–Crippen LogP) is 1.97. The van der Waals surface area contributed by atoms with Crippen LogP contribution in [-0.4, -0.2) is 18.8 Å². The Morgan fingerprint density at radius 1 is 0.769 bits per heavy atom. The molecule has 0 radical (unpaired) electrons. The number of nitrogens with one attached hydrogen (secondary N) is 2. The smallest absolute Gasteiger partial charge is 0.0787 e. The van der Waals surface area contributed by atoms with Gasteiger partial charge >= 0.3 is 0 Å². The van der Waals surface area contributed by atoms with Crippen LogP contribution in [0.15, 0.2) is 0 Å². The van der Waals surface area contributed by atoms with Crippen molar-refractivity contribution in [3.05, 3.63) is 0 Å². The molecule has 2 nitrogen and oxygen atoms in total. The Kier molecular flexibility index (Phi) is 2.50. The summed E-state index contributed by atoms with van der Waals surface area (Å²) in [5.74, 6) is 0. The second-order valence-corrected chi connectivity index (χ2v) is 6.10. The normalized spacial score (nSPS) is 23.5. The van der Waals surface area contributed by atoms with E-state index in [1.807, 2.05) is 0 Å². The molecule has 1 aliphatic rings. The van der Waals surface area contributed by atoms with Crippen molar-refractivity contribution >= 4 is 0 Å². The Morgan fingerprint density at radius 2 is 1.08 bits per heavy atom. The zero-order valence-electron chi connectivity index (χ0n) is 9.91. The number of rotatable bonds is 0. The second-order valence-electron chi connectivity index (χ2n) is 6.10. The second kappa shape index (κ2) is 2.96. The maximum absolute atomic E-state index is 3.64. The predicted molar refractivity (Wildman–Crippen MR) is 57.6 cm³/mol. The molecule has 78 valence electrons. The minimum absolute atomic E-state index is 0.0694. The van der Waals surface area contributed by atoms with Gasteiger partial charge in [-0.05, 0) is 10.8 Å². The van der Waals surface area contributed by atoms with Gasteiger partial charge < -0.3 is 0 Å². The molecule has 0 aromatic rings. The molecule has 0 amide bonds. The first-order chi connectivity index (χ1) is 5.71. The monoisotopic (exact) mass is 184 g/mol. The van der Waals surface area contributed by atoms with Crippen LogP contribution in [0.1, 0.15) is 41.5 Å². The van der Waals surface area contributed by atoms with Crippen molar-refractivity contribution in [2.45, 2.75) is 47.2 Å². The molecule has 1 aliphatic heterocycles. The van der Waals surface area contributed by atoms with E-state index in [4.69, 9.17) is 0 Å². The highest BCUT2D eigenvalue weighted by Crippen LogP contribution is 2.42. The summed E-state index contributed by atoms with van der Waals surface area (Å²) in [6.45, 7) is 15.9. The van der Waals surface area contributed by atoms with Crippen LogP contribution in [0, 0.1) is 10.8 Å². The Labute approximate surface area is 82.5 Å². The fourth-order valence-corrected chi connectivity index (χ4v) is 2.75. The van der Waals surface area contributed by atoms with Crippen LogP contribution in [0.5, 0.6) is 0 Å². The Hall–Kier alpha value is -0.0800. The third kappa shape index (κ3) is 1.62. The third-order valence-electron chi connectivity index (χ3n) is 3.16. The molecule has 0 aromatic heterocycles. The topological polar surface area (TPSA) is 24.1 Å². The van der Waals surface area contributed by atoms with E-state index >= 15 is 0 Å². The van der Waals surface area contributed by atoms with Crippen LogP contribution in [0.3, 0.4) is 0 Å². The molecule has 2 heteroatoms. The lowest BCUT2D eigenvalue weighted by Crippen LogP contribution is -2.66. The molecule has 13 heavy (non-hydrogen) atoms. The van der Waals surface area contributed by atoms with E-state index in [1.54, 1.807) is 0 Å². The van der Waals surface area contributed by atoms with E-state index in [1.165, 1.54) is 0 Å². The van der Waals surface area contributed by atoms with Crippen LogP contribution in [-0.2, 0) is 0 Å². The number of hydrogen-bond acceptors (Lipinski definition) is 2. The third-order valence-corrected chi connectivity index (χ3v) is 3.16. The van der Waals surface area contributed by atoms with Gasteiger partial charge in [0.1, 0.15) is 0 Å². The summed E-state index contributed by atoms with van der Waals surface area (Å²) >= 11 is 0. The standard InChI is InChI=1S/C11H24N2/c1-9(2,3)11(10(4,5)6)12-7-8-13-11/h12-13H,7-8H2,1-6H3. The minimum Gasteiger partial charge on any atom is -0.297 e. The van der Waals surface area contributed by atoms with E-state index in [0.29, 0.717) is 0 Å². The first-order valence-electron chi connectivity index (χ1n) is 5.21. The summed E-state index contributed by atoms with van der Waals surface area (Å²) in [5.41, 5.74) is 0.545. The highest BCUT2D eigenvalue weighted by molar-refractivity contribution is 5.06. The summed E-state index contributed by atoms with van der Waals surface area (Å²) in [7, 11) is 0. The largest absolute Gasteiger partial charge is 0.297 e. The molecule has 1 rings (SSSR count). The average Bonchev–Trinajstić information content (AvgIpc) is 2.28. The summed E-state index contributed by atoms with van der Waals surface area (Å²) in [6.07, 6.45) is 0. The molecule has 1 heterocycles. The lowest BCUT2D eigenvalue weighted by molar-refractivity contribution is 0.0188. The lowest BCUT2D eigenvalue weighted by atomic mass is 9.66. The maximum Gasteiger partial charge on any atom is 0.0787 e. The van der Waals surface area contributed by atoms with Gasteiger partial charge in [-0.2, -0.15) is 0 Å². The van der Waals surface area contributed by atoms with Crippen molar-refractivity contribution in [3.8, 4) is 0 Å². The first kappa shape index (κ1) is 11.0. The minimum atomic E-state index is 0.0694. The highest BCUT2D eigenvalue weighted by atomic mass is 15.3. The molecule has 0 unspecified atom stereocenters. The molecular formula is C11H24N2. The van der Waals surface area contributed by atoms with Gasteiger partial charge in [-0.1, -0.05) is 41.5 Å². The van der Waals surface area contributed by atoms with E-state index in [2.05, 4.69) is 52.2 Å². The van der Waals surface area contributed by atoms with Gasteiger partial charge in [0.2, 0.25) is 0 Å². The van der Waals surface area contributed by atoms with Gasteiger partial charge in [0, 0.05) is 13.1 Å². The van der Waals surface area contributed by atoms with E-state index in [9.17, 15) is 0 Å². The van der Waals surface area contributed by atoms with Crippen LogP contribution < -0.4 is 10.6 Å². The van der Waals surface area contributed by atoms with E-state index < -0.39 is 0 Å². The molecule has 2 N–H and O–H groups in total. The highest BCUT2D eigenvalue weighted by Gasteiger charge is 2.51. The fraction of sp³-hybridized carbons (Fsp3) is 1.00. The zero-order valence-corrected chi connectivity index (χ0v) is 9.91. The van der Waals surface area contributed by atoms with Gasteiger partial charge in [-0.25, -0.2) is 0 Å². The van der Waals surface area contributed by atoms with E-state index in [0.717, 1.165) is 13.1 Å². The van der Waals surface area contributed by atoms with Crippen LogP contribution in [0.2, 0.25) is 0 Å². The summed E-state index contributed by atoms with van der Waals surface area (Å²) in [4.78, 5) is 0. The van der Waals surface area contributed by atoms with Gasteiger partial charge in [0.15, 0.2) is 0 Å². The van der Waals surface area contributed by atoms with Crippen molar-refractivity contribution in [2.75, 3.05) is 13.1 Å². The van der Waals surface area contributed by atoms with Gasteiger partial charge in [0.25, 0.3) is 0 Å². The Balaban J connectivity index is 3.02. The Bertz CT molecular complexity index is 161. The van der Waals surface area contributed by atoms with Crippen molar-refractivity contribution < 1.29 is 0 Å². The van der Waals surface area contributed by atoms with Crippen LogP contribution in [0.25, 0.3) is 0 Å².